The molecule has 2 aliphatic rings. The van der Waals surface area contributed by atoms with Crippen molar-refractivity contribution >= 4 is 74.1 Å². The van der Waals surface area contributed by atoms with Crippen LogP contribution in [0.5, 0.6) is 11.5 Å². The van der Waals surface area contributed by atoms with Crippen LogP contribution < -0.4 is 20.1 Å². The van der Waals surface area contributed by atoms with Crippen molar-refractivity contribution in [2.45, 2.75) is 58.3 Å². The lowest BCUT2D eigenvalue weighted by Crippen LogP contribution is -2.39. The molecule has 1 saturated heterocycles. The largest absolute Gasteiger partial charge is 0.497 e. The lowest BCUT2D eigenvalue weighted by Gasteiger charge is -2.25. The van der Waals surface area contributed by atoms with Crippen LogP contribution in [0.3, 0.4) is 0 Å². The zero-order valence-electron chi connectivity index (χ0n) is 37.9. The second-order valence-electron chi connectivity index (χ2n) is 15.9. The number of likely N-dealkylation sites (tertiary alicyclic amines) is 1. The van der Waals surface area contributed by atoms with Crippen LogP contribution in [0.2, 0.25) is 0 Å². The molecule has 3 aromatic carbocycles. The van der Waals surface area contributed by atoms with Crippen molar-refractivity contribution in [1.29, 1.82) is 0 Å². The maximum absolute atomic E-state index is 14.0. The van der Waals surface area contributed by atoms with E-state index < -0.39 is 36.1 Å². The summed E-state index contributed by atoms with van der Waals surface area (Å²) >= 11 is 3.54. The first-order chi connectivity index (χ1) is 32.9. The van der Waals surface area contributed by atoms with Crippen molar-refractivity contribution in [3.8, 4) is 22.6 Å². The van der Waals surface area contributed by atoms with Gasteiger partial charge in [-0.2, -0.15) is 5.10 Å². The zero-order chi connectivity index (χ0) is 48.0. The highest BCUT2D eigenvalue weighted by atomic mass is 79.9. The Morgan fingerprint density at radius 2 is 1.68 bits per heavy atom. The van der Waals surface area contributed by atoms with E-state index in [0.717, 1.165) is 49.2 Å². The van der Waals surface area contributed by atoms with Gasteiger partial charge in [-0.15, -0.1) is 0 Å². The van der Waals surface area contributed by atoms with Gasteiger partial charge >= 0.3 is 23.9 Å². The van der Waals surface area contributed by atoms with Crippen molar-refractivity contribution in [3.63, 3.8) is 0 Å². The van der Waals surface area contributed by atoms with Crippen molar-refractivity contribution in [1.82, 2.24) is 34.9 Å². The predicted molar refractivity (Wildman–Crippen MR) is 254 cm³/mol. The van der Waals surface area contributed by atoms with E-state index in [0.29, 0.717) is 64.0 Å². The van der Waals surface area contributed by atoms with Crippen LogP contribution in [0.15, 0.2) is 88.8 Å². The van der Waals surface area contributed by atoms with Crippen molar-refractivity contribution in [2.75, 3.05) is 70.2 Å². The van der Waals surface area contributed by atoms with Crippen molar-refractivity contribution in [2.24, 2.45) is 4.99 Å². The molecule has 0 spiro atoms. The number of aromatic amines is 1. The number of carbonyl (C=O) groups is 5. The van der Waals surface area contributed by atoms with Gasteiger partial charge in [-0.1, -0.05) is 18.2 Å². The second-order valence-corrected chi connectivity index (χ2v) is 16.7. The van der Waals surface area contributed by atoms with Crippen LogP contribution >= 0.6 is 15.9 Å². The maximum atomic E-state index is 14.0. The summed E-state index contributed by atoms with van der Waals surface area (Å²) in [6, 6.07) is 15.8. The quantitative estimate of drug-likeness (QED) is 0.0618. The van der Waals surface area contributed by atoms with Crippen LogP contribution in [-0.4, -0.2) is 142 Å². The molecule has 3 amide bonds. The van der Waals surface area contributed by atoms with Crippen LogP contribution in [0.25, 0.3) is 22.2 Å². The Kier molecular flexibility index (Phi) is 16.9. The van der Waals surface area contributed by atoms with Gasteiger partial charge in [-0.3, -0.25) is 39.4 Å². The summed E-state index contributed by atoms with van der Waals surface area (Å²) in [7, 11) is 1.55. The third-order valence-corrected chi connectivity index (χ3v) is 11.9. The van der Waals surface area contributed by atoms with Gasteiger partial charge in [0.25, 0.3) is 0 Å². The summed E-state index contributed by atoms with van der Waals surface area (Å²) in [5.74, 6) is -1.67. The number of aliphatic imine (C=N–C) groups is 1. The van der Waals surface area contributed by atoms with Crippen molar-refractivity contribution < 1.29 is 47.7 Å². The number of anilines is 2. The van der Waals surface area contributed by atoms with Gasteiger partial charge in [0, 0.05) is 50.2 Å². The van der Waals surface area contributed by atoms with Gasteiger partial charge in [0.2, 0.25) is 11.9 Å². The molecule has 2 aromatic heterocycles. The number of amides is 3. The van der Waals surface area contributed by atoms with E-state index in [1.807, 2.05) is 18.2 Å². The number of esters is 3. The van der Waals surface area contributed by atoms with Gasteiger partial charge in [0.1, 0.15) is 30.2 Å². The minimum Gasteiger partial charge on any atom is -0.497 e. The first-order valence-corrected chi connectivity index (χ1v) is 23.0. The number of halogens is 1. The Morgan fingerprint density at radius 3 is 2.47 bits per heavy atom. The standard InChI is InChI=1S/C47H53BrN10O10/c1-30(68-45(62)31(2)67-41(60)14-13-40(59)58-20-17-51-46(58)54-37-11-12-38-43(42(37)48)50-16-15-49-38)44(61)66-24-22-57(29-32-7-6-8-35(25-32)64-3)47(63)55-36-10-9-33(34-27-52-53-28-34)26-39(36)65-23-21-56-18-4-5-19-56/h6-12,15-16,25-28,30-31H,4-5,13-14,17-24,29H2,1-3H3,(H,51,54)(H,52,53)(H,55,63). The number of aromatic nitrogens is 4. The van der Waals surface area contributed by atoms with E-state index >= 15 is 0 Å². The average molecular weight is 998 g/mol. The molecule has 5 aromatic rings. The minimum atomic E-state index is -1.39. The third-order valence-electron chi connectivity index (χ3n) is 11.1. The molecule has 20 nitrogen and oxygen atoms in total. The molecular weight excluding hydrogens is 944 g/mol. The Morgan fingerprint density at radius 1 is 0.882 bits per heavy atom. The molecule has 68 heavy (non-hydrogen) atoms. The Labute approximate surface area is 400 Å². The highest BCUT2D eigenvalue weighted by molar-refractivity contribution is 9.10. The Bertz CT molecular complexity index is 2610. The van der Waals surface area contributed by atoms with Crippen LogP contribution in [0.1, 0.15) is 45.1 Å². The number of benzene rings is 3. The molecule has 0 aliphatic carbocycles. The normalized spacial score (nSPS) is 14.4. The maximum Gasteiger partial charge on any atom is 0.347 e. The summed E-state index contributed by atoms with van der Waals surface area (Å²) in [5, 5.41) is 13.0. The summed E-state index contributed by atoms with van der Waals surface area (Å²) < 4.78 is 28.3. The highest BCUT2D eigenvalue weighted by Gasteiger charge is 2.29. The van der Waals surface area contributed by atoms with Crippen LogP contribution in [0, 0.1) is 0 Å². The lowest BCUT2D eigenvalue weighted by atomic mass is 10.1. The fraction of sp³-hybridized carbons (Fsp3) is 0.383. The number of H-pyrrole nitrogens is 1. The number of guanidine groups is 1. The SMILES string of the molecule is COc1cccc(CN(CCOC(=O)C(C)OC(=O)C(C)OC(=O)CCC(=O)N2CCN=C2Nc2ccc3nccnc3c2Br)C(=O)Nc2ccc(-c3cn[nH]c3)cc2OCCN2CCCC2)c1. The zero-order valence-corrected chi connectivity index (χ0v) is 39.5. The van der Waals surface area contributed by atoms with Gasteiger partial charge in [0.15, 0.2) is 12.2 Å². The van der Waals surface area contributed by atoms with Gasteiger partial charge < -0.3 is 39.2 Å². The Hall–Kier alpha value is -7.13. The number of nitrogens with zero attached hydrogens (tertiary/aromatic N) is 7. The number of fused-ring (bicyclic) bond motifs is 1. The van der Waals surface area contributed by atoms with Gasteiger partial charge in [-0.05, 0) is 103 Å². The number of ether oxygens (including phenoxy) is 5. The predicted octanol–water partition coefficient (Wildman–Crippen LogP) is 5.80. The van der Waals surface area contributed by atoms with E-state index in [2.05, 4.69) is 56.6 Å². The lowest BCUT2D eigenvalue weighted by molar-refractivity contribution is -0.177. The number of rotatable bonds is 20. The van der Waals surface area contributed by atoms with Crippen LogP contribution in [-0.2, 0) is 39.9 Å². The van der Waals surface area contributed by atoms with Gasteiger partial charge in [0.05, 0.1) is 54.2 Å². The average Bonchev–Trinajstić information content (AvgIpc) is 4.17. The molecule has 0 radical (unpaired) electrons. The van der Waals surface area contributed by atoms with Crippen molar-refractivity contribution in [3.05, 3.63) is 89.4 Å². The second kappa shape index (κ2) is 23.5. The molecule has 21 heteroatoms. The number of nitrogens with one attached hydrogen (secondary N) is 3. The molecule has 2 atom stereocenters. The molecule has 4 heterocycles. The van der Waals surface area contributed by atoms with E-state index in [4.69, 9.17) is 23.7 Å². The number of hydrogen-bond acceptors (Lipinski definition) is 16. The van der Waals surface area contributed by atoms with E-state index in [9.17, 15) is 24.0 Å². The first-order valence-electron chi connectivity index (χ1n) is 22.2. The fourth-order valence-electron chi connectivity index (χ4n) is 7.42. The number of hydrogen-bond donors (Lipinski definition) is 3. The fourth-order valence-corrected chi connectivity index (χ4v) is 7.96. The summed E-state index contributed by atoms with van der Waals surface area (Å²) in [6.07, 6.45) is 5.65. The highest BCUT2D eigenvalue weighted by Crippen LogP contribution is 2.32. The monoisotopic (exact) mass is 996 g/mol. The van der Waals surface area contributed by atoms with Gasteiger partial charge in [-0.25, -0.2) is 14.4 Å². The third kappa shape index (κ3) is 13.1. The summed E-state index contributed by atoms with van der Waals surface area (Å²) in [6.45, 7) is 6.33. The molecule has 7 rings (SSSR count). The smallest absolute Gasteiger partial charge is 0.347 e. The molecule has 3 N–H and O–H groups in total. The van der Waals surface area contributed by atoms with E-state index in [-0.39, 0.29) is 38.4 Å². The molecule has 0 saturated carbocycles. The molecule has 2 unspecified atom stereocenters. The minimum absolute atomic E-state index is 0.0442. The molecule has 1 fully saturated rings. The van der Waals surface area contributed by atoms with E-state index in [1.54, 1.807) is 68.3 Å². The summed E-state index contributed by atoms with van der Waals surface area (Å²) in [5.41, 5.74) is 4.86. The van der Waals surface area contributed by atoms with E-state index in [1.165, 1.54) is 23.6 Å². The number of methoxy groups -OCH3 is 1. The van der Waals surface area contributed by atoms with Crippen LogP contribution in [0.4, 0.5) is 16.2 Å². The number of carbonyl (C=O) groups excluding carboxylic acids is 5. The first kappa shape index (κ1) is 48.8. The number of urea groups is 1. The molecule has 0 bridgehead atoms. The molecular formula is C47H53BrN10O10. The topological polar surface area (TPSA) is 232 Å². The molecule has 2 aliphatic heterocycles. The summed E-state index contributed by atoms with van der Waals surface area (Å²) in [4.78, 5) is 84.2. The Balaban J connectivity index is 0.892. The molecule has 358 valence electrons.